The monoisotopic (exact) mass is 626 g/mol. The second-order valence-electron chi connectivity index (χ2n) is 10.2. The summed E-state index contributed by atoms with van der Waals surface area (Å²) in [6.45, 7) is 17.3. The Balaban J connectivity index is 0.00000129. The number of aliphatic imine (C=N–C) groups is 2. The van der Waals surface area contributed by atoms with E-state index in [-0.39, 0.29) is 10.8 Å². The Kier molecular flexibility index (Phi) is 10.6. The Morgan fingerprint density at radius 3 is 1.29 bits per heavy atom. The van der Waals surface area contributed by atoms with Crippen molar-refractivity contribution in [1.29, 1.82) is 0 Å². The van der Waals surface area contributed by atoms with E-state index in [2.05, 4.69) is 106 Å². The van der Waals surface area contributed by atoms with Gasteiger partial charge in [0.2, 0.25) is 0 Å². The first-order chi connectivity index (χ1) is 15.9. The molecule has 0 saturated carbocycles. The van der Waals surface area contributed by atoms with E-state index < -0.39 is 0 Å². The van der Waals surface area contributed by atoms with Crippen LogP contribution in [0, 0.1) is 0 Å². The van der Waals surface area contributed by atoms with Gasteiger partial charge in [-0.15, -0.1) is 11.4 Å². The number of rotatable bonds is 4. The molecule has 0 atom stereocenters. The summed E-state index contributed by atoms with van der Waals surface area (Å²) in [7, 11) is 0. The minimum absolute atomic E-state index is 0.0364. The molecule has 0 bridgehead atoms. The van der Waals surface area contributed by atoms with Gasteiger partial charge < -0.3 is 4.98 Å². The van der Waals surface area contributed by atoms with Crippen molar-refractivity contribution in [1.82, 2.24) is 4.98 Å². The van der Waals surface area contributed by atoms with Crippen molar-refractivity contribution in [3.63, 3.8) is 0 Å². The van der Waals surface area contributed by atoms with Crippen LogP contribution in [0.15, 0.2) is 70.6 Å². The van der Waals surface area contributed by atoms with E-state index in [1.54, 1.807) is 0 Å². The van der Waals surface area contributed by atoms with Gasteiger partial charge in [-0.05, 0) is 47.9 Å². The van der Waals surface area contributed by atoms with Crippen molar-refractivity contribution in [3.05, 3.63) is 83.2 Å². The van der Waals surface area contributed by atoms with Gasteiger partial charge in [-0.3, -0.25) is 9.98 Å². The molecule has 0 spiro atoms. The van der Waals surface area contributed by atoms with Gasteiger partial charge in [-0.1, -0.05) is 90.1 Å². The van der Waals surface area contributed by atoms with Crippen LogP contribution in [0.5, 0.6) is 0 Å². The van der Waals surface area contributed by atoms with Gasteiger partial charge in [0.1, 0.15) is 0 Å². The number of halogens is 2. The van der Waals surface area contributed by atoms with E-state index in [4.69, 9.17) is 15.0 Å². The molecule has 183 valence electrons. The van der Waals surface area contributed by atoms with E-state index >= 15 is 0 Å². The molecule has 0 aliphatic carbocycles. The predicted octanol–water partition coefficient (Wildman–Crippen LogP) is 9.21. The van der Waals surface area contributed by atoms with Gasteiger partial charge in [0.05, 0.1) is 11.4 Å². The van der Waals surface area contributed by atoms with Crippen molar-refractivity contribution in [2.45, 2.75) is 66.2 Å². The summed E-state index contributed by atoms with van der Waals surface area (Å²) in [6.07, 6.45) is 0. The Hall–Kier alpha value is -1.46. The first kappa shape index (κ1) is 28.8. The van der Waals surface area contributed by atoms with Crippen molar-refractivity contribution in [2.24, 2.45) is 9.98 Å². The molecule has 3 rings (SSSR count). The molecule has 6 heteroatoms. The SMILES string of the molecule is CC(=Nc1ccccc1C(C)(C)C)c1ccc(C(C)=Nc2ccccc2C(C)(C)C)[n-]1.[Br][Fe+][Br]. The quantitative estimate of drug-likeness (QED) is 0.210. The molecule has 1 heterocycles. The average Bonchev–Trinajstić information content (AvgIpc) is 3.24. The Labute approximate surface area is 225 Å². The molecule has 0 fully saturated rings. The van der Waals surface area contributed by atoms with E-state index in [9.17, 15) is 0 Å². The van der Waals surface area contributed by atoms with Crippen LogP contribution in [-0.4, -0.2) is 11.4 Å². The Morgan fingerprint density at radius 2 is 0.971 bits per heavy atom. The van der Waals surface area contributed by atoms with Crippen molar-refractivity contribution in [2.75, 3.05) is 0 Å². The number of para-hydroxylation sites is 2. The van der Waals surface area contributed by atoms with Crippen molar-refractivity contribution >= 4 is 51.0 Å². The summed E-state index contributed by atoms with van der Waals surface area (Å²) in [4.78, 5) is 14.7. The first-order valence-electron chi connectivity index (χ1n) is 11.2. The molecular formula is C28H34Br2FeN3. The zero-order valence-electron chi connectivity index (χ0n) is 21.2. The van der Waals surface area contributed by atoms with Crippen LogP contribution in [0.2, 0.25) is 0 Å². The van der Waals surface area contributed by atoms with E-state index in [0.717, 1.165) is 45.5 Å². The number of aromatic nitrogens is 1. The molecule has 0 radical (unpaired) electrons. The summed E-state index contributed by atoms with van der Waals surface area (Å²) < 4.78 is 0. The molecule has 0 aliphatic heterocycles. The number of hydrogen-bond donors (Lipinski definition) is 0. The van der Waals surface area contributed by atoms with Crippen LogP contribution in [0.4, 0.5) is 11.4 Å². The topological polar surface area (TPSA) is 38.8 Å². The second kappa shape index (κ2) is 12.5. The van der Waals surface area contributed by atoms with Crippen LogP contribution < -0.4 is 4.98 Å². The first-order valence-corrected chi connectivity index (χ1v) is 16.6. The summed E-state index contributed by atoms with van der Waals surface area (Å²) in [5, 5.41) is 0. The average molecular weight is 628 g/mol. The number of hydrogen-bond acceptors (Lipinski definition) is 2. The second-order valence-corrected chi connectivity index (χ2v) is 15.8. The van der Waals surface area contributed by atoms with Crippen LogP contribution in [0.1, 0.15) is 77.9 Å². The molecular weight excluding hydrogens is 594 g/mol. The van der Waals surface area contributed by atoms with E-state index in [1.807, 2.05) is 38.1 Å². The zero-order valence-corrected chi connectivity index (χ0v) is 25.5. The van der Waals surface area contributed by atoms with Gasteiger partial charge in [-0.25, -0.2) is 0 Å². The molecule has 34 heavy (non-hydrogen) atoms. The maximum absolute atomic E-state index is 4.91. The van der Waals surface area contributed by atoms with E-state index in [1.165, 1.54) is 11.1 Å². The van der Waals surface area contributed by atoms with Gasteiger partial charge in [0, 0.05) is 11.4 Å². The van der Waals surface area contributed by atoms with Crippen LogP contribution in [0.3, 0.4) is 0 Å². The van der Waals surface area contributed by atoms with Crippen LogP contribution in [-0.2, 0) is 22.2 Å². The zero-order chi connectivity index (χ0) is 25.5. The van der Waals surface area contributed by atoms with Gasteiger partial charge in [-0.2, -0.15) is 0 Å². The minimum atomic E-state index is 0.0364. The van der Waals surface area contributed by atoms with Gasteiger partial charge >= 0.3 is 39.6 Å². The van der Waals surface area contributed by atoms with Crippen LogP contribution >= 0.6 is 28.2 Å². The molecule has 3 aromatic rings. The fourth-order valence-corrected chi connectivity index (χ4v) is 3.65. The molecule has 0 N–H and O–H groups in total. The van der Waals surface area contributed by atoms with E-state index in [0.29, 0.717) is 0 Å². The molecule has 0 saturated heterocycles. The van der Waals surface area contributed by atoms with Crippen LogP contribution in [0.25, 0.3) is 0 Å². The standard InChI is InChI=1S/C28H34N3.2BrH.Fe/c1-19(29-25-15-11-9-13-21(25)27(3,4)5)23-17-18-24(31-23)20(2)30-26-16-12-10-14-22(26)28(6,7)8;;;/h9-18H,1-8H3;2*1H;/q-1;;;+3/p-2. The van der Waals surface area contributed by atoms with Gasteiger partial charge in [0.15, 0.2) is 0 Å². The summed E-state index contributed by atoms with van der Waals surface area (Å²) >= 11 is 7.00. The summed E-state index contributed by atoms with van der Waals surface area (Å²) in [5.74, 6) is 0. The Morgan fingerprint density at radius 1 is 0.647 bits per heavy atom. The third-order valence-corrected chi connectivity index (χ3v) is 5.38. The van der Waals surface area contributed by atoms with Crippen molar-refractivity contribution in [3.8, 4) is 0 Å². The number of nitrogens with zero attached hydrogens (tertiary/aromatic N) is 3. The molecule has 3 nitrogen and oxygen atoms in total. The number of benzene rings is 2. The summed E-state index contributed by atoms with van der Waals surface area (Å²) in [6, 6.07) is 20.7. The third kappa shape index (κ3) is 8.05. The molecule has 0 unspecified atom stereocenters. The van der Waals surface area contributed by atoms with Crippen molar-refractivity contribution < 1.29 is 11.3 Å². The summed E-state index contributed by atoms with van der Waals surface area (Å²) in [5.41, 5.74) is 8.13. The molecule has 2 aromatic carbocycles. The normalized spacial score (nSPS) is 12.9. The fraction of sp³-hybridized carbons (Fsp3) is 0.357. The molecule has 0 amide bonds. The maximum atomic E-state index is 4.91. The predicted molar refractivity (Wildman–Crippen MR) is 152 cm³/mol. The molecule has 0 aliphatic rings. The molecule has 1 aromatic heterocycles. The van der Waals surface area contributed by atoms with Gasteiger partial charge in [0.25, 0.3) is 0 Å². The third-order valence-electron chi connectivity index (χ3n) is 5.38. The fourth-order valence-electron chi connectivity index (χ4n) is 3.65. The Bertz CT molecular complexity index is 1060.